The normalized spacial score (nSPS) is 12.4. The van der Waals surface area contributed by atoms with E-state index in [1.54, 1.807) is 6.20 Å². The van der Waals surface area contributed by atoms with Crippen LogP contribution in [0.25, 0.3) is 5.69 Å². The van der Waals surface area contributed by atoms with Gasteiger partial charge < -0.3 is 5.11 Å². The number of para-hydroxylation sites is 1. The monoisotopic (exact) mass is 294 g/mol. The molecule has 0 fully saturated rings. The van der Waals surface area contributed by atoms with Gasteiger partial charge in [-0.05, 0) is 26.0 Å². The van der Waals surface area contributed by atoms with Gasteiger partial charge in [0.1, 0.15) is 5.82 Å². The number of aryl methyl sites for hydroxylation is 1. The predicted octanol–water partition coefficient (Wildman–Crippen LogP) is 3.30. The van der Waals surface area contributed by atoms with Crippen molar-refractivity contribution < 1.29 is 5.11 Å². The number of aliphatic hydroxyl groups is 1. The number of benzene rings is 1. The molecule has 0 aliphatic rings. The van der Waals surface area contributed by atoms with Crippen LogP contribution in [0.5, 0.6) is 0 Å². The maximum Gasteiger partial charge on any atom is 0.110 e. The molecular weight excluding hydrogens is 280 g/mol. The van der Waals surface area contributed by atoms with Gasteiger partial charge in [0.15, 0.2) is 0 Å². The molecule has 0 radical (unpaired) electrons. The number of rotatable bonds is 4. The minimum absolute atomic E-state index is 0.0368. The van der Waals surface area contributed by atoms with Gasteiger partial charge in [0.2, 0.25) is 0 Å². The van der Waals surface area contributed by atoms with E-state index in [1.807, 2.05) is 42.7 Å². The first-order valence-corrected chi connectivity index (χ1v) is 6.75. The first-order chi connectivity index (χ1) is 9.06. The van der Waals surface area contributed by atoms with Crippen molar-refractivity contribution in [2.45, 2.75) is 19.8 Å². The summed E-state index contributed by atoms with van der Waals surface area (Å²) >= 11 is 11.5. The summed E-state index contributed by atoms with van der Waals surface area (Å²) in [6, 6.07) is 7.56. The molecule has 0 aliphatic heterocycles. The van der Waals surface area contributed by atoms with E-state index >= 15 is 0 Å². The maximum absolute atomic E-state index is 9.54. The fraction of sp³-hybridized carbons (Fsp3) is 0.286. The van der Waals surface area contributed by atoms with Gasteiger partial charge >= 0.3 is 0 Å². The molecule has 0 saturated carbocycles. The molecule has 0 spiro atoms. The number of aromatic nitrogens is 2. The number of hydrogen-bond donors (Lipinski definition) is 1. The van der Waals surface area contributed by atoms with Crippen LogP contribution in [0.2, 0.25) is 5.02 Å². The standard InChI is InChI=1S/C14H15ClN2OS/c1-9(19)11(8-18)14-7-16-10(2)17(14)13-6-4-3-5-12(13)15/h3-7,11,18H,8H2,1-2H3. The SMILES string of the molecule is CC(=S)C(CO)c1cnc(C)n1-c1ccccc1Cl. The molecule has 0 amide bonds. The van der Waals surface area contributed by atoms with E-state index in [-0.39, 0.29) is 12.5 Å². The third-order valence-electron chi connectivity index (χ3n) is 3.09. The van der Waals surface area contributed by atoms with Crippen molar-refractivity contribution in [3.63, 3.8) is 0 Å². The molecule has 19 heavy (non-hydrogen) atoms. The molecule has 0 aliphatic carbocycles. The van der Waals surface area contributed by atoms with Crippen molar-refractivity contribution >= 4 is 28.7 Å². The average molecular weight is 295 g/mol. The summed E-state index contributed by atoms with van der Waals surface area (Å²) in [5.41, 5.74) is 1.71. The second-order valence-corrected chi connectivity index (χ2v) is 5.41. The lowest BCUT2D eigenvalue weighted by atomic mass is 10.0. The summed E-state index contributed by atoms with van der Waals surface area (Å²) < 4.78 is 1.94. The minimum Gasteiger partial charge on any atom is -0.395 e. The summed E-state index contributed by atoms with van der Waals surface area (Å²) in [5.74, 6) is 0.602. The van der Waals surface area contributed by atoms with Gasteiger partial charge in [-0.25, -0.2) is 4.98 Å². The Morgan fingerprint density at radius 3 is 2.74 bits per heavy atom. The second-order valence-electron chi connectivity index (χ2n) is 4.36. The van der Waals surface area contributed by atoms with Gasteiger partial charge in [0.25, 0.3) is 0 Å². The van der Waals surface area contributed by atoms with Gasteiger partial charge in [-0.1, -0.05) is 36.0 Å². The fourth-order valence-electron chi connectivity index (χ4n) is 2.08. The zero-order valence-electron chi connectivity index (χ0n) is 10.8. The Hall–Kier alpha value is -1.23. The van der Waals surface area contributed by atoms with Crippen molar-refractivity contribution in [1.29, 1.82) is 0 Å². The molecule has 1 heterocycles. The van der Waals surface area contributed by atoms with Crippen molar-refractivity contribution in [1.82, 2.24) is 9.55 Å². The van der Waals surface area contributed by atoms with E-state index < -0.39 is 0 Å². The van der Waals surface area contributed by atoms with E-state index in [2.05, 4.69) is 4.98 Å². The highest BCUT2D eigenvalue weighted by atomic mass is 35.5. The summed E-state index contributed by atoms with van der Waals surface area (Å²) in [5, 5.41) is 10.2. The summed E-state index contributed by atoms with van der Waals surface area (Å²) in [4.78, 5) is 5.05. The van der Waals surface area contributed by atoms with E-state index in [1.165, 1.54) is 0 Å². The summed E-state index contributed by atoms with van der Waals surface area (Å²) in [6.45, 7) is 3.69. The zero-order chi connectivity index (χ0) is 14.0. The van der Waals surface area contributed by atoms with E-state index in [0.717, 1.165) is 22.1 Å². The molecule has 100 valence electrons. The number of aliphatic hydroxyl groups excluding tert-OH is 1. The van der Waals surface area contributed by atoms with E-state index in [4.69, 9.17) is 23.8 Å². The van der Waals surface area contributed by atoms with Gasteiger partial charge in [0, 0.05) is 11.1 Å². The van der Waals surface area contributed by atoms with Crippen LogP contribution in [-0.4, -0.2) is 26.1 Å². The topological polar surface area (TPSA) is 38.1 Å². The molecule has 1 aromatic carbocycles. The Morgan fingerprint density at radius 2 is 2.16 bits per heavy atom. The highest BCUT2D eigenvalue weighted by molar-refractivity contribution is 7.80. The number of imidazole rings is 1. The van der Waals surface area contributed by atoms with Crippen LogP contribution in [0, 0.1) is 6.92 Å². The summed E-state index contributed by atoms with van der Waals surface area (Å²) in [6.07, 6.45) is 1.75. The number of thiocarbonyl (C=S) groups is 1. The third kappa shape index (κ3) is 2.71. The second kappa shape index (κ2) is 5.82. The summed E-state index contributed by atoms with van der Waals surface area (Å²) in [7, 11) is 0. The lowest BCUT2D eigenvalue weighted by molar-refractivity contribution is 0.287. The zero-order valence-corrected chi connectivity index (χ0v) is 12.4. The van der Waals surface area contributed by atoms with Gasteiger partial charge in [-0.2, -0.15) is 0 Å². The van der Waals surface area contributed by atoms with Crippen molar-refractivity contribution in [3.8, 4) is 5.69 Å². The molecule has 1 unspecified atom stereocenters. The van der Waals surface area contributed by atoms with E-state index in [0.29, 0.717) is 5.02 Å². The van der Waals surface area contributed by atoms with Crippen LogP contribution in [0.3, 0.4) is 0 Å². The number of hydrogen-bond acceptors (Lipinski definition) is 3. The Bertz CT molecular complexity index is 609. The molecule has 2 aromatic rings. The van der Waals surface area contributed by atoms with E-state index in [9.17, 15) is 5.11 Å². The van der Waals surface area contributed by atoms with Crippen molar-refractivity contribution in [3.05, 3.63) is 47.0 Å². The van der Waals surface area contributed by atoms with Crippen LogP contribution in [0.4, 0.5) is 0 Å². The van der Waals surface area contributed by atoms with Gasteiger partial charge in [0.05, 0.1) is 28.9 Å². The van der Waals surface area contributed by atoms with Crippen LogP contribution in [-0.2, 0) is 0 Å². The van der Waals surface area contributed by atoms with Crippen LogP contribution in [0.15, 0.2) is 30.5 Å². The Kier molecular flexibility index (Phi) is 4.34. The fourth-order valence-corrected chi connectivity index (χ4v) is 2.50. The Morgan fingerprint density at radius 1 is 1.47 bits per heavy atom. The van der Waals surface area contributed by atoms with Gasteiger partial charge in [-0.3, -0.25) is 4.57 Å². The first kappa shape index (κ1) is 14.2. The highest BCUT2D eigenvalue weighted by Gasteiger charge is 2.20. The average Bonchev–Trinajstić information content (AvgIpc) is 2.73. The minimum atomic E-state index is -0.215. The lowest BCUT2D eigenvalue weighted by Crippen LogP contribution is -2.16. The number of halogens is 1. The molecule has 3 nitrogen and oxygen atoms in total. The molecular formula is C14H15ClN2OS. The van der Waals surface area contributed by atoms with Crippen LogP contribution >= 0.6 is 23.8 Å². The molecule has 1 aromatic heterocycles. The Balaban J connectivity index is 2.61. The maximum atomic E-state index is 9.54. The Labute approximate surface area is 122 Å². The quantitative estimate of drug-likeness (QED) is 0.879. The molecule has 2 rings (SSSR count). The van der Waals surface area contributed by atoms with Crippen LogP contribution in [0.1, 0.15) is 24.4 Å². The van der Waals surface area contributed by atoms with Crippen LogP contribution < -0.4 is 0 Å². The molecule has 1 atom stereocenters. The molecule has 0 bridgehead atoms. The molecule has 0 saturated heterocycles. The predicted molar refractivity (Wildman–Crippen MR) is 81.4 cm³/mol. The van der Waals surface area contributed by atoms with Crippen molar-refractivity contribution in [2.75, 3.05) is 6.61 Å². The lowest BCUT2D eigenvalue weighted by Gasteiger charge is -2.17. The molecule has 5 heteroatoms. The largest absolute Gasteiger partial charge is 0.395 e. The van der Waals surface area contributed by atoms with Gasteiger partial charge in [-0.15, -0.1) is 0 Å². The smallest absolute Gasteiger partial charge is 0.110 e. The molecule has 1 N–H and O–H groups in total. The first-order valence-electron chi connectivity index (χ1n) is 5.96. The highest BCUT2D eigenvalue weighted by Crippen LogP contribution is 2.27. The van der Waals surface area contributed by atoms with Crippen molar-refractivity contribution in [2.24, 2.45) is 0 Å². The third-order valence-corrected chi connectivity index (χ3v) is 3.69. The number of nitrogens with zero attached hydrogens (tertiary/aromatic N) is 2.